The van der Waals surface area contributed by atoms with Crippen molar-refractivity contribution in [1.29, 1.82) is 0 Å². The standard InChI is InChI=1S/C20H22N6O/c1-13(2)26-19-15(11-22-26)10-17(14(3)23-19)20(27)21-8-7-16-12-25-9-5-4-6-18(25)24-16/h4-6,9-13H,7-8H2,1-3H3,(H,21,27). The molecular formula is C20H22N6O. The Morgan fingerprint density at radius 3 is 2.89 bits per heavy atom. The topological polar surface area (TPSA) is 77.1 Å². The molecule has 7 heteroatoms. The molecule has 4 aromatic rings. The van der Waals surface area contributed by atoms with E-state index in [-0.39, 0.29) is 11.9 Å². The van der Waals surface area contributed by atoms with Crippen LogP contribution in [0.25, 0.3) is 16.7 Å². The van der Waals surface area contributed by atoms with Gasteiger partial charge in [0.15, 0.2) is 5.65 Å². The average Bonchev–Trinajstić information content (AvgIpc) is 3.23. The zero-order valence-corrected chi connectivity index (χ0v) is 15.7. The van der Waals surface area contributed by atoms with Crippen molar-refractivity contribution in [3.8, 4) is 0 Å². The first-order valence-corrected chi connectivity index (χ1v) is 9.08. The number of pyridine rings is 2. The van der Waals surface area contributed by atoms with Gasteiger partial charge in [-0.05, 0) is 39.0 Å². The molecular weight excluding hydrogens is 340 g/mol. The van der Waals surface area contributed by atoms with Crippen LogP contribution in [0.1, 0.15) is 41.6 Å². The van der Waals surface area contributed by atoms with E-state index in [1.165, 1.54) is 0 Å². The maximum atomic E-state index is 12.6. The van der Waals surface area contributed by atoms with Crippen LogP contribution in [-0.2, 0) is 6.42 Å². The summed E-state index contributed by atoms with van der Waals surface area (Å²) in [5.41, 5.74) is 3.95. The minimum absolute atomic E-state index is 0.122. The fourth-order valence-electron chi connectivity index (χ4n) is 3.18. The molecule has 0 fully saturated rings. The molecule has 4 aromatic heterocycles. The van der Waals surface area contributed by atoms with E-state index in [0.717, 1.165) is 22.4 Å². The number of aryl methyl sites for hydroxylation is 1. The van der Waals surface area contributed by atoms with Crippen molar-refractivity contribution >= 4 is 22.6 Å². The normalized spacial score (nSPS) is 11.6. The minimum Gasteiger partial charge on any atom is -0.352 e. The molecule has 0 aliphatic rings. The van der Waals surface area contributed by atoms with Gasteiger partial charge < -0.3 is 9.72 Å². The summed E-state index contributed by atoms with van der Waals surface area (Å²) in [6.07, 6.45) is 6.38. The number of rotatable bonds is 5. The van der Waals surface area contributed by atoms with Gasteiger partial charge in [0.2, 0.25) is 0 Å². The zero-order valence-electron chi connectivity index (χ0n) is 15.7. The van der Waals surface area contributed by atoms with Crippen molar-refractivity contribution < 1.29 is 4.79 Å². The number of nitrogens with one attached hydrogen (secondary N) is 1. The number of imidazole rings is 1. The van der Waals surface area contributed by atoms with E-state index in [0.29, 0.717) is 24.2 Å². The molecule has 0 spiro atoms. The molecule has 0 atom stereocenters. The maximum absolute atomic E-state index is 12.6. The molecule has 27 heavy (non-hydrogen) atoms. The van der Waals surface area contributed by atoms with Crippen molar-refractivity contribution in [2.45, 2.75) is 33.2 Å². The van der Waals surface area contributed by atoms with Gasteiger partial charge in [-0.2, -0.15) is 5.10 Å². The van der Waals surface area contributed by atoms with Gasteiger partial charge in [0.1, 0.15) is 5.65 Å². The molecule has 4 rings (SSSR count). The lowest BCUT2D eigenvalue weighted by Gasteiger charge is -2.09. The highest BCUT2D eigenvalue weighted by molar-refractivity contribution is 5.98. The lowest BCUT2D eigenvalue weighted by atomic mass is 10.1. The van der Waals surface area contributed by atoms with Gasteiger partial charge in [-0.1, -0.05) is 6.07 Å². The first-order chi connectivity index (χ1) is 13.0. The molecule has 0 aliphatic heterocycles. The van der Waals surface area contributed by atoms with E-state index in [4.69, 9.17) is 0 Å². The van der Waals surface area contributed by atoms with Crippen LogP contribution in [0.5, 0.6) is 0 Å². The molecule has 1 amide bonds. The van der Waals surface area contributed by atoms with E-state index in [1.807, 2.05) is 52.7 Å². The summed E-state index contributed by atoms with van der Waals surface area (Å²) in [4.78, 5) is 21.8. The van der Waals surface area contributed by atoms with Crippen molar-refractivity contribution in [3.63, 3.8) is 0 Å². The summed E-state index contributed by atoms with van der Waals surface area (Å²) in [6.45, 7) is 6.49. The summed E-state index contributed by atoms with van der Waals surface area (Å²) in [5.74, 6) is -0.122. The largest absolute Gasteiger partial charge is 0.352 e. The number of aromatic nitrogens is 5. The smallest absolute Gasteiger partial charge is 0.253 e. The van der Waals surface area contributed by atoms with Gasteiger partial charge in [0.25, 0.3) is 5.91 Å². The lowest BCUT2D eigenvalue weighted by Crippen LogP contribution is -2.26. The molecule has 7 nitrogen and oxygen atoms in total. The third kappa shape index (κ3) is 3.28. The van der Waals surface area contributed by atoms with Gasteiger partial charge in [0.05, 0.1) is 23.1 Å². The summed E-state index contributed by atoms with van der Waals surface area (Å²) >= 11 is 0. The Hall–Kier alpha value is -3.22. The SMILES string of the molecule is Cc1nc2c(cnn2C(C)C)cc1C(=O)NCCc1cn2ccccc2n1. The molecule has 0 unspecified atom stereocenters. The number of hydrogen-bond acceptors (Lipinski definition) is 4. The van der Waals surface area contributed by atoms with E-state index in [2.05, 4.69) is 34.2 Å². The minimum atomic E-state index is -0.122. The van der Waals surface area contributed by atoms with Crippen molar-refractivity contribution in [3.05, 3.63) is 59.8 Å². The summed E-state index contributed by atoms with van der Waals surface area (Å²) in [7, 11) is 0. The zero-order chi connectivity index (χ0) is 19.0. The third-order valence-electron chi connectivity index (χ3n) is 4.57. The van der Waals surface area contributed by atoms with E-state index >= 15 is 0 Å². The molecule has 1 N–H and O–H groups in total. The predicted octanol–water partition coefficient (Wildman–Crippen LogP) is 2.94. The van der Waals surface area contributed by atoms with Gasteiger partial charge in [-0.15, -0.1) is 0 Å². The van der Waals surface area contributed by atoms with Gasteiger partial charge >= 0.3 is 0 Å². The molecule has 0 saturated carbocycles. The van der Waals surface area contributed by atoms with Crippen molar-refractivity contribution in [2.75, 3.05) is 6.54 Å². The highest BCUT2D eigenvalue weighted by Crippen LogP contribution is 2.19. The summed E-state index contributed by atoms with van der Waals surface area (Å²) < 4.78 is 3.85. The van der Waals surface area contributed by atoms with E-state index in [1.54, 1.807) is 6.20 Å². The highest BCUT2D eigenvalue weighted by Gasteiger charge is 2.15. The molecule has 0 aromatic carbocycles. The Kier molecular flexibility index (Phi) is 4.35. The molecule has 4 heterocycles. The molecule has 0 saturated heterocycles. The van der Waals surface area contributed by atoms with Crippen LogP contribution in [0.3, 0.4) is 0 Å². The molecule has 0 aliphatic carbocycles. The van der Waals surface area contributed by atoms with Gasteiger partial charge in [-0.25, -0.2) is 14.6 Å². The van der Waals surface area contributed by atoms with Crippen molar-refractivity contribution in [1.82, 2.24) is 29.5 Å². The van der Waals surface area contributed by atoms with Crippen LogP contribution < -0.4 is 5.32 Å². The van der Waals surface area contributed by atoms with Gasteiger partial charge in [0, 0.05) is 36.8 Å². The Morgan fingerprint density at radius 2 is 2.11 bits per heavy atom. The Balaban J connectivity index is 1.47. The fraction of sp³-hybridized carbons (Fsp3) is 0.300. The highest BCUT2D eigenvalue weighted by atomic mass is 16.1. The predicted molar refractivity (Wildman–Crippen MR) is 104 cm³/mol. The summed E-state index contributed by atoms with van der Waals surface area (Å²) in [6, 6.07) is 7.97. The van der Waals surface area contributed by atoms with Crippen LogP contribution >= 0.6 is 0 Å². The number of fused-ring (bicyclic) bond motifs is 2. The quantitative estimate of drug-likeness (QED) is 0.592. The van der Waals surface area contributed by atoms with Crippen LogP contribution in [-0.4, -0.2) is 36.6 Å². The Morgan fingerprint density at radius 1 is 1.26 bits per heavy atom. The van der Waals surface area contributed by atoms with Crippen LogP contribution in [0.15, 0.2) is 42.9 Å². The number of hydrogen-bond donors (Lipinski definition) is 1. The number of carbonyl (C=O) groups is 1. The third-order valence-corrected chi connectivity index (χ3v) is 4.57. The average molecular weight is 362 g/mol. The number of nitrogens with zero attached hydrogens (tertiary/aromatic N) is 5. The molecule has 138 valence electrons. The van der Waals surface area contributed by atoms with Crippen LogP contribution in [0.2, 0.25) is 0 Å². The number of amides is 1. The first kappa shape index (κ1) is 17.2. The monoisotopic (exact) mass is 362 g/mol. The second-order valence-corrected chi connectivity index (χ2v) is 6.92. The first-order valence-electron chi connectivity index (χ1n) is 9.08. The number of carbonyl (C=O) groups excluding carboxylic acids is 1. The lowest BCUT2D eigenvalue weighted by molar-refractivity contribution is 0.0953. The van der Waals surface area contributed by atoms with E-state index in [9.17, 15) is 4.79 Å². The summed E-state index contributed by atoms with van der Waals surface area (Å²) in [5, 5.41) is 8.22. The van der Waals surface area contributed by atoms with Gasteiger partial charge in [-0.3, -0.25) is 4.79 Å². The Bertz CT molecular complexity index is 1090. The van der Waals surface area contributed by atoms with Crippen LogP contribution in [0, 0.1) is 6.92 Å². The van der Waals surface area contributed by atoms with Crippen molar-refractivity contribution in [2.24, 2.45) is 0 Å². The molecule has 0 bridgehead atoms. The second kappa shape index (κ2) is 6.83. The Labute approximate surface area is 157 Å². The maximum Gasteiger partial charge on any atom is 0.253 e. The second-order valence-electron chi connectivity index (χ2n) is 6.92. The fourth-order valence-corrected chi connectivity index (χ4v) is 3.18. The van der Waals surface area contributed by atoms with E-state index < -0.39 is 0 Å². The van der Waals surface area contributed by atoms with Crippen LogP contribution in [0.4, 0.5) is 0 Å². The molecule has 0 radical (unpaired) electrons.